The van der Waals surface area contributed by atoms with Gasteiger partial charge in [0, 0.05) is 46.6 Å². The van der Waals surface area contributed by atoms with Gasteiger partial charge in [-0.15, -0.1) is 0 Å². The first kappa shape index (κ1) is 26.1. The van der Waals surface area contributed by atoms with Crippen LogP contribution >= 0.6 is 0 Å². The average molecular weight is 569 g/mol. The second kappa shape index (κ2) is 11.7. The Balaban J connectivity index is 0.00000342. The van der Waals surface area contributed by atoms with Crippen molar-refractivity contribution in [2.75, 3.05) is 18.6 Å². The Labute approximate surface area is 223 Å². The van der Waals surface area contributed by atoms with E-state index < -0.39 is 11.9 Å². The van der Waals surface area contributed by atoms with Crippen molar-refractivity contribution >= 4 is 17.5 Å². The van der Waals surface area contributed by atoms with E-state index in [1.165, 1.54) is 24.1 Å². The maximum atomic E-state index is 13.1. The van der Waals surface area contributed by atoms with Crippen LogP contribution in [-0.2, 0) is 32.1 Å². The second-order valence-electron chi connectivity index (χ2n) is 7.54. The number of aliphatic hydroxyl groups is 1. The number of likely N-dealkylation sites (N-methyl/N-ethyl adjacent to an activating group) is 1. The summed E-state index contributed by atoms with van der Waals surface area (Å²) >= 11 is 0. The van der Waals surface area contributed by atoms with E-state index in [0.29, 0.717) is 28.5 Å². The van der Waals surface area contributed by atoms with Gasteiger partial charge < -0.3 is 24.8 Å². The standard InChI is InChI=1S/C26H22N3O5.Cd/c1-17(30)8-9-18-10-11-24-23(14-18)29(2)26(32)22(16-33-24)28-25(31)21-15-20(12-13-27-21)34-19-6-4-3-5-7-19;/h3-7,10-15,22,30H,16H2,1-2H3,(H,28,31);/q-1;/t22-;/m1./s1. The molecule has 0 saturated heterocycles. The smallest absolute Gasteiger partial charge is 0.270 e. The molecule has 1 atom stereocenters. The molecule has 1 aliphatic heterocycles. The molecule has 0 radical (unpaired) electrons. The topological polar surface area (TPSA) is 101 Å². The number of hydrogen-bond donors (Lipinski definition) is 2. The van der Waals surface area contributed by atoms with Crippen LogP contribution in [0.25, 0.3) is 0 Å². The Morgan fingerprint density at radius 2 is 1.97 bits per heavy atom. The van der Waals surface area contributed by atoms with Crippen molar-refractivity contribution in [2.45, 2.75) is 13.0 Å². The molecule has 35 heavy (non-hydrogen) atoms. The molecule has 0 bridgehead atoms. The van der Waals surface area contributed by atoms with E-state index in [9.17, 15) is 14.7 Å². The van der Waals surface area contributed by atoms with E-state index in [1.807, 2.05) is 18.2 Å². The number of pyridine rings is 1. The number of carbonyl (C=O) groups is 2. The first-order chi connectivity index (χ1) is 16.4. The van der Waals surface area contributed by atoms with Crippen molar-refractivity contribution in [3.63, 3.8) is 0 Å². The van der Waals surface area contributed by atoms with E-state index in [0.717, 1.165) is 0 Å². The number of rotatable bonds is 4. The maximum Gasteiger partial charge on any atom is 0.270 e. The number of benzene rings is 2. The summed E-state index contributed by atoms with van der Waals surface area (Å²) in [5.41, 5.74) is 1.23. The van der Waals surface area contributed by atoms with Crippen LogP contribution in [0.5, 0.6) is 17.2 Å². The number of anilines is 1. The van der Waals surface area contributed by atoms with Gasteiger partial charge in [-0.2, -0.15) is 0 Å². The van der Waals surface area contributed by atoms with Crippen LogP contribution in [-0.4, -0.2) is 41.6 Å². The van der Waals surface area contributed by atoms with Crippen LogP contribution in [0.3, 0.4) is 0 Å². The minimum absolute atomic E-state index is 0. The molecule has 2 N–H and O–H groups in total. The van der Waals surface area contributed by atoms with E-state index >= 15 is 0 Å². The number of fused-ring (bicyclic) bond motifs is 1. The molecule has 3 aromatic rings. The third-order valence-corrected chi connectivity index (χ3v) is 4.99. The van der Waals surface area contributed by atoms with Gasteiger partial charge in [-0.3, -0.25) is 26.4 Å². The van der Waals surface area contributed by atoms with E-state index in [1.54, 1.807) is 43.4 Å². The number of aromatic nitrogens is 1. The zero-order chi connectivity index (χ0) is 24.1. The Bertz CT molecular complexity index is 1270. The zero-order valence-corrected chi connectivity index (χ0v) is 23.4. The minimum Gasteiger partial charge on any atom is -0.489 e. The van der Waals surface area contributed by atoms with Gasteiger partial charge in [0.05, 0.1) is 5.69 Å². The molecule has 0 unspecified atom stereocenters. The summed E-state index contributed by atoms with van der Waals surface area (Å²) in [5.74, 6) is 6.09. The number of carbonyl (C=O) groups excluding carboxylic acids is 2. The molecule has 0 spiro atoms. The molecule has 9 heteroatoms. The van der Waals surface area contributed by atoms with Crippen LogP contribution in [0.2, 0.25) is 0 Å². The third-order valence-electron chi connectivity index (χ3n) is 4.99. The molecule has 4 rings (SSSR count). The zero-order valence-electron chi connectivity index (χ0n) is 19.3. The minimum atomic E-state index is -0.923. The summed E-state index contributed by atoms with van der Waals surface area (Å²) < 4.78 is 11.6. The van der Waals surface area contributed by atoms with Crippen molar-refractivity contribution < 1.29 is 51.5 Å². The SMILES string of the molecule is C[C-](O)C#Cc1ccc2c(c1)N(C)C(=O)[C@H](NC(=O)c1cc(Oc3ccccc3)ccn1)CO2.[Cd]. The van der Waals surface area contributed by atoms with Crippen LogP contribution in [0.15, 0.2) is 66.9 Å². The van der Waals surface area contributed by atoms with Crippen LogP contribution in [0.4, 0.5) is 5.69 Å². The van der Waals surface area contributed by atoms with Crippen molar-refractivity contribution in [3.05, 3.63) is 84.2 Å². The number of ether oxygens (including phenoxy) is 2. The summed E-state index contributed by atoms with van der Waals surface area (Å²) in [6, 6.07) is 16.5. The predicted molar refractivity (Wildman–Crippen MR) is 125 cm³/mol. The number of nitrogens with zero attached hydrogens (tertiary/aromatic N) is 2. The van der Waals surface area contributed by atoms with Gasteiger partial charge in [0.2, 0.25) is 0 Å². The first-order valence-corrected chi connectivity index (χ1v) is 10.5. The molecular formula is C26H22CdN3O5-. The fraction of sp³-hybridized carbons (Fsp3) is 0.154. The molecule has 174 valence electrons. The van der Waals surface area contributed by atoms with E-state index in [4.69, 9.17) is 9.47 Å². The average Bonchev–Trinajstić information content (AvgIpc) is 2.95. The number of amides is 2. The van der Waals surface area contributed by atoms with Crippen molar-refractivity contribution in [2.24, 2.45) is 0 Å². The molecular weight excluding hydrogens is 547 g/mol. The number of nitrogens with one attached hydrogen (secondary N) is 1. The summed E-state index contributed by atoms with van der Waals surface area (Å²) in [5, 5.41) is 12.0. The predicted octanol–water partition coefficient (Wildman–Crippen LogP) is 3.30. The summed E-state index contributed by atoms with van der Waals surface area (Å²) in [6.07, 6.45) is 1.46. The molecule has 8 nitrogen and oxygen atoms in total. The Hall–Kier alpha value is -3.56. The molecule has 2 amide bonds. The number of aliphatic hydroxyl groups excluding tert-OH is 1. The second-order valence-corrected chi connectivity index (χ2v) is 7.54. The Kier molecular flexibility index (Phi) is 8.73. The third kappa shape index (κ3) is 6.52. The normalized spacial score (nSPS) is 14.2. The Morgan fingerprint density at radius 1 is 1.20 bits per heavy atom. The fourth-order valence-electron chi connectivity index (χ4n) is 3.30. The van der Waals surface area contributed by atoms with E-state index in [-0.39, 0.29) is 51.6 Å². The number of para-hydroxylation sites is 1. The van der Waals surface area contributed by atoms with Gasteiger partial charge in [0.15, 0.2) is 0 Å². The fourth-order valence-corrected chi connectivity index (χ4v) is 3.30. The van der Waals surface area contributed by atoms with Gasteiger partial charge in [-0.05, 0) is 30.3 Å². The van der Waals surface area contributed by atoms with Crippen molar-refractivity contribution in [1.82, 2.24) is 10.3 Å². The Morgan fingerprint density at radius 3 is 2.71 bits per heavy atom. The summed E-state index contributed by atoms with van der Waals surface area (Å²) in [4.78, 5) is 31.4. The maximum absolute atomic E-state index is 13.1. The molecule has 0 fully saturated rings. The van der Waals surface area contributed by atoms with Crippen molar-refractivity contribution in [1.29, 1.82) is 0 Å². The quantitative estimate of drug-likeness (QED) is 0.285. The van der Waals surface area contributed by atoms with Crippen LogP contribution in [0, 0.1) is 17.9 Å². The first-order valence-electron chi connectivity index (χ1n) is 10.5. The van der Waals surface area contributed by atoms with Gasteiger partial charge in [-0.25, -0.2) is 0 Å². The molecule has 1 aliphatic rings. The largest absolute Gasteiger partial charge is 0.489 e. The molecule has 2 heterocycles. The van der Waals surface area contributed by atoms with Crippen LogP contribution < -0.4 is 19.7 Å². The number of hydrogen-bond acceptors (Lipinski definition) is 6. The van der Waals surface area contributed by atoms with Gasteiger partial charge in [0.25, 0.3) is 11.8 Å². The molecule has 2 aromatic carbocycles. The molecule has 0 aliphatic carbocycles. The van der Waals surface area contributed by atoms with Crippen molar-refractivity contribution in [3.8, 4) is 29.1 Å². The molecule has 0 saturated carbocycles. The summed E-state index contributed by atoms with van der Waals surface area (Å²) in [6.45, 7) is 1.44. The summed E-state index contributed by atoms with van der Waals surface area (Å²) in [7, 11) is 1.60. The van der Waals surface area contributed by atoms with Gasteiger partial charge >= 0.3 is 0 Å². The monoisotopic (exact) mass is 570 g/mol. The van der Waals surface area contributed by atoms with E-state index in [2.05, 4.69) is 22.1 Å². The molecule has 1 aromatic heterocycles. The van der Waals surface area contributed by atoms with Gasteiger partial charge in [-0.1, -0.05) is 42.9 Å². The van der Waals surface area contributed by atoms with Crippen LogP contribution in [0.1, 0.15) is 23.0 Å². The van der Waals surface area contributed by atoms with Gasteiger partial charge in [0.1, 0.15) is 35.6 Å².